The van der Waals surface area contributed by atoms with Gasteiger partial charge in [-0.2, -0.15) is 5.26 Å². The van der Waals surface area contributed by atoms with Crippen LogP contribution in [-0.2, 0) is 16.0 Å². The molecule has 1 aliphatic carbocycles. The lowest BCUT2D eigenvalue weighted by molar-refractivity contribution is -0.116. The number of nitrogens with zero attached hydrogens (tertiary/aromatic N) is 4. The number of carbonyl (C=O) groups excluding carboxylic acids is 2. The standard InChI is InChI=1S/C30H30N6O2S2/c1-4-19-9-11-20(12-10-19)26-21(15-31)28(32)36(23-6-5-7-24(37)27(23)26)29-34-35-30(40-29)39-16-25(38)33-22-13-8-17(2)14-18(22)3/h8-14,26H,4-7,16,32H2,1-3H3,(H,33,38). The zero-order valence-electron chi connectivity index (χ0n) is 22.7. The Labute approximate surface area is 242 Å². The van der Waals surface area contributed by atoms with Crippen LogP contribution in [0.5, 0.6) is 0 Å². The van der Waals surface area contributed by atoms with Crippen LogP contribution >= 0.6 is 23.1 Å². The van der Waals surface area contributed by atoms with Gasteiger partial charge in [0.2, 0.25) is 11.0 Å². The third-order valence-electron chi connectivity index (χ3n) is 7.20. The van der Waals surface area contributed by atoms with E-state index in [-0.39, 0.29) is 23.3 Å². The molecule has 2 heterocycles. The number of aromatic nitrogens is 2. The van der Waals surface area contributed by atoms with E-state index in [2.05, 4.69) is 28.5 Å². The first kappa shape index (κ1) is 27.6. The normalized spacial score (nSPS) is 17.1. The maximum absolute atomic E-state index is 13.3. The van der Waals surface area contributed by atoms with Crippen molar-refractivity contribution in [2.24, 2.45) is 5.73 Å². The summed E-state index contributed by atoms with van der Waals surface area (Å²) in [7, 11) is 0. The number of carbonyl (C=O) groups is 2. The maximum atomic E-state index is 13.3. The Morgan fingerprint density at radius 3 is 2.67 bits per heavy atom. The van der Waals surface area contributed by atoms with Gasteiger partial charge in [-0.25, -0.2) is 0 Å². The summed E-state index contributed by atoms with van der Waals surface area (Å²) in [5.41, 5.74) is 13.3. The van der Waals surface area contributed by atoms with Gasteiger partial charge in [-0.3, -0.25) is 14.5 Å². The fourth-order valence-corrected chi connectivity index (χ4v) is 6.88. The Morgan fingerprint density at radius 1 is 1.20 bits per heavy atom. The van der Waals surface area contributed by atoms with E-state index in [0.717, 1.165) is 34.5 Å². The summed E-state index contributed by atoms with van der Waals surface area (Å²) in [6.45, 7) is 6.06. The van der Waals surface area contributed by atoms with Crippen LogP contribution in [0.15, 0.2) is 69.5 Å². The molecule has 1 aromatic heterocycles. The lowest BCUT2D eigenvalue weighted by atomic mass is 9.75. The SMILES string of the molecule is CCc1ccc(C2C(C#N)=C(N)N(c3nnc(SCC(=O)Nc4ccc(C)cc4C)s3)C3=C2C(=O)CCC3)cc1. The maximum Gasteiger partial charge on any atom is 0.234 e. The summed E-state index contributed by atoms with van der Waals surface area (Å²) in [5, 5.41) is 22.3. The van der Waals surface area contributed by atoms with Crippen LogP contribution in [-0.4, -0.2) is 27.6 Å². The van der Waals surface area contributed by atoms with Gasteiger partial charge in [-0.1, -0.05) is 72.0 Å². The predicted octanol–water partition coefficient (Wildman–Crippen LogP) is 5.75. The van der Waals surface area contributed by atoms with E-state index in [1.54, 1.807) is 4.90 Å². The van der Waals surface area contributed by atoms with Crippen molar-refractivity contribution in [2.45, 2.75) is 56.7 Å². The quantitative estimate of drug-likeness (QED) is 0.344. The zero-order valence-corrected chi connectivity index (χ0v) is 24.3. The van der Waals surface area contributed by atoms with Crippen LogP contribution < -0.4 is 16.0 Å². The molecule has 3 N–H and O–H groups in total. The van der Waals surface area contributed by atoms with E-state index in [4.69, 9.17) is 5.73 Å². The molecule has 1 amide bonds. The zero-order chi connectivity index (χ0) is 28.4. The first-order valence-electron chi connectivity index (χ1n) is 13.2. The molecular formula is C30H30N6O2S2. The second kappa shape index (κ2) is 11.7. The highest BCUT2D eigenvalue weighted by Gasteiger charge is 2.41. The number of allylic oxidation sites excluding steroid dienone is 3. The Morgan fingerprint density at radius 2 is 1.98 bits per heavy atom. The first-order valence-corrected chi connectivity index (χ1v) is 15.0. The number of aryl methyl sites for hydroxylation is 3. The van der Waals surface area contributed by atoms with Crippen molar-refractivity contribution in [2.75, 3.05) is 16.0 Å². The van der Waals surface area contributed by atoms with E-state index in [1.807, 2.05) is 56.3 Å². The smallest absolute Gasteiger partial charge is 0.234 e. The van der Waals surface area contributed by atoms with Gasteiger partial charge >= 0.3 is 0 Å². The van der Waals surface area contributed by atoms with E-state index in [1.165, 1.54) is 28.7 Å². The Balaban J connectivity index is 1.41. The summed E-state index contributed by atoms with van der Waals surface area (Å²) in [4.78, 5) is 27.6. The van der Waals surface area contributed by atoms with E-state index in [9.17, 15) is 14.9 Å². The van der Waals surface area contributed by atoms with Crippen LogP contribution in [0.25, 0.3) is 0 Å². The molecule has 0 bridgehead atoms. The monoisotopic (exact) mass is 570 g/mol. The number of benzene rings is 2. The van der Waals surface area contributed by atoms with Gasteiger partial charge in [0.05, 0.1) is 23.3 Å². The predicted molar refractivity (Wildman–Crippen MR) is 159 cm³/mol. The van der Waals surface area contributed by atoms with Gasteiger partial charge < -0.3 is 11.1 Å². The lowest BCUT2D eigenvalue weighted by Crippen LogP contribution is -2.38. The van der Waals surface area contributed by atoms with Gasteiger partial charge in [0.1, 0.15) is 5.82 Å². The Bertz CT molecular complexity index is 1580. The number of nitriles is 1. The number of nitrogens with one attached hydrogen (secondary N) is 1. The molecule has 10 heteroatoms. The van der Waals surface area contributed by atoms with Gasteiger partial charge in [-0.15, -0.1) is 10.2 Å². The molecule has 1 aliphatic heterocycles. The van der Waals surface area contributed by atoms with E-state index >= 15 is 0 Å². The van der Waals surface area contributed by atoms with Crippen LogP contribution in [0, 0.1) is 25.2 Å². The minimum absolute atomic E-state index is 0.0262. The highest BCUT2D eigenvalue weighted by atomic mass is 32.2. The second-order valence-electron chi connectivity index (χ2n) is 9.92. The summed E-state index contributed by atoms with van der Waals surface area (Å²) in [6, 6.07) is 16.2. The number of anilines is 2. The highest BCUT2D eigenvalue weighted by molar-refractivity contribution is 8.01. The number of hydrogen-bond acceptors (Lipinski definition) is 9. The number of nitrogens with two attached hydrogens (primary N) is 1. The van der Waals surface area contributed by atoms with Crippen LogP contribution in [0.1, 0.15) is 54.4 Å². The van der Waals surface area contributed by atoms with Crippen molar-refractivity contribution in [1.82, 2.24) is 10.2 Å². The summed E-state index contributed by atoms with van der Waals surface area (Å²) in [6.07, 6.45) is 2.68. The number of rotatable bonds is 7. The number of Topliss-reactive ketones (excluding diaryl/α,β-unsaturated/α-hetero) is 1. The van der Waals surface area contributed by atoms with Crippen LogP contribution in [0.2, 0.25) is 0 Å². The van der Waals surface area contributed by atoms with Crippen molar-refractivity contribution in [1.29, 1.82) is 5.26 Å². The van der Waals surface area contributed by atoms with Crippen molar-refractivity contribution < 1.29 is 9.59 Å². The summed E-state index contributed by atoms with van der Waals surface area (Å²) >= 11 is 2.57. The minimum atomic E-state index is -0.509. The molecule has 0 spiro atoms. The largest absolute Gasteiger partial charge is 0.384 e. The van der Waals surface area contributed by atoms with Crippen molar-refractivity contribution in [3.8, 4) is 6.07 Å². The molecule has 204 valence electrons. The molecule has 0 fully saturated rings. The third kappa shape index (κ3) is 5.40. The van der Waals surface area contributed by atoms with Gasteiger partial charge in [0, 0.05) is 23.4 Å². The molecule has 1 atom stereocenters. The molecule has 1 unspecified atom stereocenters. The minimum Gasteiger partial charge on any atom is -0.384 e. The molecule has 3 aromatic rings. The Hall–Kier alpha value is -3.94. The highest BCUT2D eigenvalue weighted by Crippen LogP contribution is 2.47. The molecule has 40 heavy (non-hydrogen) atoms. The average Bonchev–Trinajstić information content (AvgIpc) is 3.41. The fourth-order valence-electron chi connectivity index (χ4n) is 5.20. The molecule has 2 aromatic carbocycles. The number of ketones is 1. The van der Waals surface area contributed by atoms with Crippen LogP contribution in [0.3, 0.4) is 0 Å². The van der Waals surface area contributed by atoms with E-state index in [0.29, 0.717) is 39.9 Å². The van der Waals surface area contributed by atoms with E-state index < -0.39 is 5.92 Å². The second-order valence-corrected chi connectivity index (χ2v) is 12.1. The number of amides is 1. The molecule has 5 rings (SSSR count). The molecule has 2 aliphatic rings. The van der Waals surface area contributed by atoms with Crippen molar-refractivity contribution in [3.05, 3.63) is 87.4 Å². The van der Waals surface area contributed by atoms with Crippen molar-refractivity contribution >= 4 is 45.6 Å². The van der Waals surface area contributed by atoms with Crippen molar-refractivity contribution in [3.63, 3.8) is 0 Å². The first-order chi connectivity index (χ1) is 19.3. The average molecular weight is 571 g/mol. The number of hydrogen-bond donors (Lipinski definition) is 2. The van der Waals surface area contributed by atoms with Crippen LogP contribution in [0.4, 0.5) is 10.8 Å². The molecular weight excluding hydrogens is 541 g/mol. The van der Waals surface area contributed by atoms with Gasteiger partial charge in [0.15, 0.2) is 10.1 Å². The lowest BCUT2D eigenvalue weighted by Gasteiger charge is -2.38. The molecule has 8 nitrogen and oxygen atoms in total. The third-order valence-corrected chi connectivity index (χ3v) is 9.25. The summed E-state index contributed by atoms with van der Waals surface area (Å²) < 4.78 is 0.596. The molecule has 0 radical (unpaired) electrons. The molecule has 0 saturated carbocycles. The summed E-state index contributed by atoms with van der Waals surface area (Å²) in [5.74, 6) is -0.193. The molecule has 0 saturated heterocycles. The Kier molecular flexibility index (Phi) is 8.05. The van der Waals surface area contributed by atoms with Gasteiger partial charge in [-0.05, 0) is 55.9 Å². The van der Waals surface area contributed by atoms with Gasteiger partial charge in [0.25, 0.3) is 0 Å². The number of thioether (sulfide) groups is 1. The fraction of sp³-hybridized carbons (Fsp3) is 0.300. The topological polar surface area (TPSA) is 125 Å².